The smallest absolute Gasteiger partial charge is 0.168 e. The minimum absolute atomic E-state index is 0.514. The van der Waals surface area contributed by atoms with E-state index >= 15 is 0 Å². The Bertz CT molecular complexity index is 1710. The maximum atomic E-state index is 8.49. The van der Waals surface area contributed by atoms with Gasteiger partial charge >= 0.3 is 0 Å². The van der Waals surface area contributed by atoms with Crippen molar-refractivity contribution in [2.45, 2.75) is 32.9 Å². The fourth-order valence-corrected chi connectivity index (χ4v) is 12.1. The molecule has 0 saturated carbocycles. The van der Waals surface area contributed by atoms with E-state index in [2.05, 4.69) is 185 Å². The second-order valence-electron chi connectivity index (χ2n) is 11.9. The summed E-state index contributed by atoms with van der Waals surface area (Å²) in [5.74, 6) is 0. The lowest BCUT2D eigenvalue weighted by Crippen LogP contribution is -2.68. The van der Waals surface area contributed by atoms with E-state index < -0.39 is 22.7 Å². The second-order valence-corrected chi connectivity index (χ2v) is 16.2. The number of halogens is 1. The number of benzene rings is 6. The first-order valence-corrected chi connectivity index (χ1v) is 18.4. The minimum Gasteiger partial charge on any atom is -0.222 e. The maximum absolute atomic E-state index is 8.49. The first kappa shape index (κ1) is 34.2. The fourth-order valence-electron chi connectivity index (χ4n) is 6.56. The predicted molar refractivity (Wildman–Crippen MR) is 183 cm³/mol. The highest BCUT2D eigenvalue weighted by Crippen LogP contribution is 2.75. The quantitative estimate of drug-likeness (QED) is 0.187. The summed E-state index contributed by atoms with van der Waals surface area (Å²) in [5, 5.41) is 3.58. The van der Waals surface area contributed by atoms with Crippen molar-refractivity contribution in [2.24, 2.45) is 0 Å². The van der Waals surface area contributed by atoms with Gasteiger partial charge in [0.25, 0.3) is 0 Å². The van der Waals surface area contributed by atoms with Crippen LogP contribution >= 0.6 is 7.26 Å². The third-order valence-electron chi connectivity index (χ3n) is 8.62. The molecule has 0 saturated heterocycles. The van der Waals surface area contributed by atoms with Gasteiger partial charge in [0.2, 0.25) is 0 Å². The number of hydrogen-bond donors (Lipinski definition) is 0. The van der Waals surface area contributed by atoms with Gasteiger partial charge in [-0.05, 0) is 64.1 Å². The van der Waals surface area contributed by atoms with Gasteiger partial charge in [0, 0.05) is 16.7 Å². The maximum Gasteiger partial charge on any atom is 0.168 e. The van der Waals surface area contributed by atoms with Gasteiger partial charge in [-0.2, -0.15) is 0 Å². The molecule has 0 aliphatic rings. The van der Waals surface area contributed by atoms with E-state index in [-0.39, 0.29) is 0 Å². The first-order valence-electron chi connectivity index (χ1n) is 15.4. The largest absolute Gasteiger partial charge is 0.222 e. The summed E-state index contributed by atoms with van der Waals surface area (Å²) in [6, 6.07) is 60.0. The lowest BCUT2D eigenvalue weighted by molar-refractivity contribution is -2.00. The summed E-state index contributed by atoms with van der Waals surface area (Å²) in [6.07, 6.45) is 0. The number of aryl methyl sites for hydroxylation is 4. The van der Waals surface area contributed by atoms with E-state index in [9.17, 15) is 0 Å². The third kappa shape index (κ3) is 7.10. The Hall–Kier alpha value is -4.12. The molecular weight excluding hydrogens is 623 g/mol. The van der Waals surface area contributed by atoms with E-state index in [1.54, 1.807) is 0 Å². The van der Waals surface area contributed by atoms with Crippen molar-refractivity contribution in [3.8, 4) is 0 Å². The van der Waals surface area contributed by atoms with Crippen LogP contribution in [0.2, 0.25) is 0 Å². The van der Waals surface area contributed by atoms with E-state index in [1.165, 1.54) is 54.9 Å². The van der Waals surface area contributed by atoms with Gasteiger partial charge in [-0.25, -0.2) is 18.6 Å². The van der Waals surface area contributed by atoms with E-state index in [4.69, 9.17) is 18.6 Å². The van der Waals surface area contributed by atoms with Crippen molar-refractivity contribution in [3.05, 3.63) is 197 Å². The lowest BCUT2D eigenvalue weighted by atomic mass is 9.83. The zero-order valence-electron chi connectivity index (χ0n) is 27.0. The van der Waals surface area contributed by atoms with Crippen LogP contribution in [-0.2, 0) is 5.16 Å². The van der Waals surface area contributed by atoms with Crippen molar-refractivity contribution in [1.82, 2.24) is 0 Å². The molecule has 238 valence electrons. The average molecular weight is 661 g/mol. The summed E-state index contributed by atoms with van der Waals surface area (Å²) in [6.45, 7) is 8.72. The van der Waals surface area contributed by atoms with Crippen molar-refractivity contribution < 1.29 is 28.9 Å². The van der Waals surface area contributed by atoms with Crippen LogP contribution in [0.4, 0.5) is 0 Å². The van der Waals surface area contributed by atoms with Crippen LogP contribution in [0.3, 0.4) is 0 Å². The van der Waals surface area contributed by atoms with Crippen molar-refractivity contribution in [1.29, 1.82) is 0 Å². The van der Waals surface area contributed by atoms with Crippen molar-refractivity contribution in [2.75, 3.05) is 0 Å². The molecule has 0 N–H and O–H groups in total. The summed E-state index contributed by atoms with van der Waals surface area (Å²) < 4.78 is 34.0. The number of rotatable bonds is 7. The average Bonchev–Trinajstić information content (AvgIpc) is 3.06. The molecule has 0 radical (unpaired) electrons. The van der Waals surface area contributed by atoms with Crippen LogP contribution in [0.5, 0.6) is 0 Å². The molecule has 0 aromatic heterocycles. The molecule has 0 fully saturated rings. The highest BCUT2D eigenvalue weighted by Gasteiger charge is 2.65. The standard InChI is InChI=1S/C41H38P.ClHO4/c1-31-15-23-35(24-16-31)41(36-25-17-32(2)18-26-36,37-27-19-33(3)20-28-37)42(38-11-7-5-8-12-38,39-13-9-6-10-14-39)40-29-21-34(4)22-30-40;2-1(3,4)5/h5-30H,1-4H3;(H,2,3,4,5)/q+1;/p-1. The van der Waals surface area contributed by atoms with Crippen LogP contribution in [0.1, 0.15) is 38.9 Å². The Morgan fingerprint density at radius 1 is 0.362 bits per heavy atom. The molecule has 0 unspecified atom stereocenters. The third-order valence-corrected chi connectivity index (χ3v) is 13.6. The lowest BCUT2D eigenvalue weighted by Gasteiger charge is -2.46. The Labute approximate surface area is 280 Å². The second kappa shape index (κ2) is 14.3. The molecule has 0 amide bonds. The van der Waals surface area contributed by atoms with Crippen molar-refractivity contribution in [3.63, 3.8) is 0 Å². The van der Waals surface area contributed by atoms with Gasteiger partial charge in [0.15, 0.2) is 5.16 Å². The van der Waals surface area contributed by atoms with E-state index in [0.717, 1.165) is 0 Å². The van der Waals surface area contributed by atoms with Gasteiger partial charge in [-0.3, -0.25) is 0 Å². The summed E-state index contributed by atoms with van der Waals surface area (Å²) in [7, 11) is -7.47. The van der Waals surface area contributed by atoms with Gasteiger partial charge in [0.05, 0.1) is 0 Å². The zero-order chi connectivity index (χ0) is 33.7. The molecule has 6 heteroatoms. The Morgan fingerprint density at radius 3 is 0.872 bits per heavy atom. The molecule has 4 nitrogen and oxygen atoms in total. The molecule has 0 aliphatic heterocycles. The van der Waals surface area contributed by atoms with Gasteiger partial charge in [-0.15, -0.1) is 10.2 Å². The predicted octanol–water partition coefficient (Wildman–Crippen LogP) is 4.45. The summed E-state index contributed by atoms with van der Waals surface area (Å²) in [5.41, 5.74) is 8.98. The molecule has 6 rings (SSSR count). The Kier molecular flexibility index (Phi) is 10.4. The van der Waals surface area contributed by atoms with Gasteiger partial charge in [-0.1, -0.05) is 144 Å². The topological polar surface area (TPSA) is 92.2 Å². The molecular formula is C41H38ClO4P. The summed E-state index contributed by atoms with van der Waals surface area (Å²) >= 11 is 0. The Balaban J connectivity index is 0.000000807. The number of hydrogen-bond acceptors (Lipinski definition) is 4. The van der Waals surface area contributed by atoms with Gasteiger partial charge < -0.3 is 0 Å². The molecule has 6 aromatic rings. The first-order chi connectivity index (χ1) is 22.5. The Morgan fingerprint density at radius 2 is 0.596 bits per heavy atom. The fraction of sp³-hybridized carbons (Fsp3) is 0.122. The van der Waals surface area contributed by atoms with Crippen molar-refractivity contribution >= 4 is 23.2 Å². The minimum atomic E-state index is -4.94. The van der Waals surface area contributed by atoms with E-state index in [1.807, 2.05) is 0 Å². The van der Waals surface area contributed by atoms with E-state index in [0.29, 0.717) is 0 Å². The van der Waals surface area contributed by atoms with Gasteiger partial charge in [0.1, 0.15) is 23.2 Å². The molecule has 0 bridgehead atoms. The molecule has 0 aliphatic carbocycles. The summed E-state index contributed by atoms with van der Waals surface area (Å²) in [4.78, 5) is 0. The molecule has 0 heterocycles. The zero-order valence-corrected chi connectivity index (χ0v) is 28.6. The highest BCUT2D eigenvalue weighted by molar-refractivity contribution is 7.97. The van der Waals surface area contributed by atoms with Crippen LogP contribution < -0.4 is 34.5 Å². The molecule has 6 aromatic carbocycles. The van der Waals surface area contributed by atoms with Crippen LogP contribution in [0.15, 0.2) is 158 Å². The van der Waals surface area contributed by atoms with Crippen LogP contribution in [0.25, 0.3) is 0 Å². The van der Waals surface area contributed by atoms with Crippen LogP contribution in [0, 0.1) is 37.9 Å². The van der Waals surface area contributed by atoms with Crippen LogP contribution in [-0.4, -0.2) is 0 Å². The molecule has 47 heavy (non-hydrogen) atoms. The molecule has 0 spiro atoms. The molecule has 0 atom stereocenters. The SMILES string of the molecule is Cc1ccc(C(c2ccc(C)cc2)(c2ccc(C)cc2)[P+](c2ccccc2)(c2ccccc2)c2ccc(C)cc2)cc1.[O-][Cl+3]([O-])([O-])[O-]. The normalized spacial score (nSPS) is 11.8. The monoisotopic (exact) mass is 660 g/mol. The highest BCUT2D eigenvalue weighted by atomic mass is 35.7.